The Morgan fingerprint density at radius 2 is 1.67 bits per heavy atom. The number of hydrogen-bond donors (Lipinski definition) is 0. The summed E-state index contributed by atoms with van der Waals surface area (Å²) in [4.78, 5) is 24.3. The highest BCUT2D eigenvalue weighted by Gasteiger charge is 2.23. The third-order valence-electron chi connectivity index (χ3n) is 3.63. The van der Waals surface area contributed by atoms with E-state index < -0.39 is 11.9 Å². The minimum atomic E-state index is -0.465. The van der Waals surface area contributed by atoms with E-state index in [2.05, 4.69) is 0 Å². The molecule has 2 rings (SSSR count). The first-order valence-corrected chi connectivity index (χ1v) is 7.69. The van der Waals surface area contributed by atoms with Gasteiger partial charge in [0.05, 0.1) is 17.7 Å². The Balaban J connectivity index is 2.07. The molecule has 1 aromatic rings. The average molecular weight is 290 g/mol. The van der Waals surface area contributed by atoms with Gasteiger partial charge in [-0.1, -0.05) is 25.5 Å². The largest absolute Gasteiger partial charge is 0.462 e. The molecule has 1 fully saturated rings. The predicted molar refractivity (Wildman–Crippen MR) is 79.3 cm³/mol. The molecule has 0 aliphatic heterocycles. The lowest BCUT2D eigenvalue weighted by Gasteiger charge is -2.22. The van der Waals surface area contributed by atoms with Crippen LogP contribution in [0.15, 0.2) is 24.3 Å². The number of esters is 2. The van der Waals surface area contributed by atoms with Gasteiger partial charge in [-0.2, -0.15) is 0 Å². The fourth-order valence-corrected chi connectivity index (χ4v) is 2.51. The smallest absolute Gasteiger partial charge is 0.339 e. The second kappa shape index (κ2) is 7.81. The van der Waals surface area contributed by atoms with Crippen LogP contribution >= 0.6 is 0 Å². The Hall–Kier alpha value is -1.84. The zero-order chi connectivity index (χ0) is 15.1. The Morgan fingerprint density at radius 3 is 2.29 bits per heavy atom. The Labute approximate surface area is 125 Å². The van der Waals surface area contributed by atoms with Gasteiger partial charge in [-0.25, -0.2) is 9.59 Å². The van der Waals surface area contributed by atoms with Crippen molar-refractivity contribution in [3.05, 3.63) is 35.4 Å². The topological polar surface area (TPSA) is 52.6 Å². The minimum absolute atomic E-state index is 0.0223. The second-order valence-corrected chi connectivity index (χ2v) is 5.35. The molecule has 1 saturated carbocycles. The maximum Gasteiger partial charge on any atom is 0.339 e. The summed E-state index contributed by atoms with van der Waals surface area (Å²) in [7, 11) is 0. The zero-order valence-electron chi connectivity index (χ0n) is 12.5. The average Bonchev–Trinajstić information content (AvgIpc) is 2.53. The normalized spacial score (nSPS) is 15.5. The standard InChI is InChI=1S/C17H22O4/c1-2-12-20-16(18)14-10-6-7-11-15(14)17(19)21-13-8-4-3-5-9-13/h6-7,10-11,13H,2-5,8-9,12H2,1H3. The van der Waals surface area contributed by atoms with E-state index in [9.17, 15) is 9.59 Å². The molecule has 1 aliphatic carbocycles. The monoisotopic (exact) mass is 290 g/mol. The van der Waals surface area contributed by atoms with Crippen molar-refractivity contribution in [3.63, 3.8) is 0 Å². The van der Waals surface area contributed by atoms with Gasteiger partial charge in [-0.05, 0) is 44.2 Å². The summed E-state index contributed by atoms with van der Waals surface area (Å²) in [6.45, 7) is 2.28. The first kappa shape index (κ1) is 15.5. The van der Waals surface area contributed by atoms with Crippen LogP contribution in [0.2, 0.25) is 0 Å². The van der Waals surface area contributed by atoms with Crippen LogP contribution in [0.25, 0.3) is 0 Å². The fourth-order valence-electron chi connectivity index (χ4n) is 2.51. The van der Waals surface area contributed by atoms with Crippen molar-refractivity contribution in [2.75, 3.05) is 6.61 Å². The summed E-state index contributed by atoms with van der Waals surface area (Å²) in [5, 5.41) is 0. The molecule has 4 heteroatoms. The highest BCUT2D eigenvalue weighted by molar-refractivity contribution is 6.03. The molecule has 0 bridgehead atoms. The van der Waals surface area contributed by atoms with Gasteiger partial charge in [0.15, 0.2) is 0 Å². The van der Waals surface area contributed by atoms with Gasteiger partial charge < -0.3 is 9.47 Å². The van der Waals surface area contributed by atoms with E-state index in [1.807, 2.05) is 6.92 Å². The van der Waals surface area contributed by atoms with E-state index in [0.29, 0.717) is 12.2 Å². The third kappa shape index (κ3) is 4.31. The lowest BCUT2D eigenvalue weighted by Crippen LogP contribution is -2.22. The Morgan fingerprint density at radius 1 is 1.05 bits per heavy atom. The highest BCUT2D eigenvalue weighted by Crippen LogP contribution is 2.22. The maximum atomic E-state index is 12.3. The van der Waals surface area contributed by atoms with Crippen LogP contribution in [0.3, 0.4) is 0 Å². The molecule has 0 atom stereocenters. The molecule has 0 heterocycles. The van der Waals surface area contributed by atoms with Crippen molar-refractivity contribution in [2.45, 2.75) is 51.6 Å². The van der Waals surface area contributed by atoms with Crippen molar-refractivity contribution in [1.29, 1.82) is 0 Å². The third-order valence-corrected chi connectivity index (χ3v) is 3.63. The lowest BCUT2D eigenvalue weighted by molar-refractivity contribution is 0.0204. The van der Waals surface area contributed by atoms with Gasteiger partial charge in [0.1, 0.15) is 6.10 Å². The number of benzene rings is 1. The van der Waals surface area contributed by atoms with E-state index in [0.717, 1.165) is 32.1 Å². The molecule has 114 valence electrons. The van der Waals surface area contributed by atoms with Gasteiger partial charge in [0.2, 0.25) is 0 Å². The van der Waals surface area contributed by atoms with E-state index in [1.54, 1.807) is 24.3 Å². The molecule has 0 unspecified atom stereocenters. The highest BCUT2D eigenvalue weighted by atomic mass is 16.5. The molecule has 1 aromatic carbocycles. The summed E-state index contributed by atoms with van der Waals surface area (Å²) in [5.41, 5.74) is 0.580. The van der Waals surface area contributed by atoms with E-state index in [-0.39, 0.29) is 11.7 Å². The van der Waals surface area contributed by atoms with Gasteiger partial charge in [-0.15, -0.1) is 0 Å². The molecule has 0 aromatic heterocycles. The number of carbonyl (C=O) groups is 2. The van der Waals surface area contributed by atoms with E-state index >= 15 is 0 Å². The Bertz CT molecular complexity index is 489. The summed E-state index contributed by atoms with van der Waals surface area (Å²) in [6.07, 6.45) is 5.94. The molecule has 4 nitrogen and oxygen atoms in total. The van der Waals surface area contributed by atoms with Gasteiger partial charge in [0.25, 0.3) is 0 Å². The molecule has 1 aliphatic rings. The summed E-state index contributed by atoms with van der Waals surface area (Å²) in [5.74, 6) is -0.890. The second-order valence-electron chi connectivity index (χ2n) is 5.35. The number of ether oxygens (including phenoxy) is 2. The number of hydrogen-bond acceptors (Lipinski definition) is 4. The van der Waals surface area contributed by atoms with Crippen LogP contribution in [-0.4, -0.2) is 24.6 Å². The van der Waals surface area contributed by atoms with Crippen molar-refractivity contribution < 1.29 is 19.1 Å². The molecule has 0 saturated heterocycles. The van der Waals surface area contributed by atoms with E-state index in [4.69, 9.17) is 9.47 Å². The van der Waals surface area contributed by atoms with Crippen LogP contribution in [0.4, 0.5) is 0 Å². The number of carbonyl (C=O) groups excluding carboxylic acids is 2. The van der Waals surface area contributed by atoms with Crippen LogP contribution in [0.1, 0.15) is 66.2 Å². The number of rotatable bonds is 5. The molecular formula is C17H22O4. The van der Waals surface area contributed by atoms with Gasteiger partial charge in [0, 0.05) is 0 Å². The lowest BCUT2D eigenvalue weighted by atomic mass is 9.97. The summed E-state index contributed by atoms with van der Waals surface area (Å²) >= 11 is 0. The van der Waals surface area contributed by atoms with Crippen LogP contribution in [0.5, 0.6) is 0 Å². The summed E-state index contributed by atoms with van der Waals surface area (Å²) < 4.78 is 10.6. The van der Waals surface area contributed by atoms with Crippen molar-refractivity contribution in [3.8, 4) is 0 Å². The van der Waals surface area contributed by atoms with Crippen molar-refractivity contribution in [1.82, 2.24) is 0 Å². The van der Waals surface area contributed by atoms with Crippen LogP contribution in [-0.2, 0) is 9.47 Å². The zero-order valence-corrected chi connectivity index (χ0v) is 12.5. The quantitative estimate of drug-likeness (QED) is 0.775. The van der Waals surface area contributed by atoms with Gasteiger partial charge >= 0.3 is 11.9 Å². The minimum Gasteiger partial charge on any atom is -0.462 e. The van der Waals surface area contributed by atoms with Crippen LogP contribution in [0, 0.1) is 0 Å². The molecule has 0 N–H and O–H groups in total. The Kier molecular flexibility index (Phi) is 5.78. The molecule has 21 heavy (non-hydrogen) atoms. The first-order chi connectivity index (χ1) is 10.2. The van der Waals surface area contributed by atoms with E-state index in [1.165, 1.54) is 6.42 Å². The van der Waals surface area contributed by atoms with Gasteiger partial charge in [-0.3, -0.25) is 0 Å². The van der Waals surface area contributed by atoms with Crippen molar-refractivity contribution in [2.24, 2.45) is 0 Å². The SMILES string of the molecule is CCCOC(=O)c1ccccc1C(=O)OC1CCCCC1. The van der Waals surface area contributed by atoms with Crippen LogP contribution < -0.4 is 0 Å². The predicted octanol–water partition coefficient (Wildman–Crippen LogP) is 3.74. The molecular weight excluding hydrogens is 268 g/mol. The molecule has 0 spiro atoms. The fraction of sp³-hybridized carbons (Fsp3) is 0.529. The molecule has 0 radical (unpaired) electrons. The van der Waals surface area contributed by atoms with Crippen molar-refractivity contribution >= 4 is 11.9 Å². The maximum absolute atomic E-state index is 12.3. The first-order valence-electron chi connectivity index (χ1n) is 7.69. The summed E-state index contributed by atoms with van der Waals surface area (Å²) in [6, 6.07) is 6.68. The molecule has 0 amide bonds.